The Balaban J connectivity index is 2.14. The number of benzene rings is 1. The molecule has 1 unspecified atom stereocenters. The minimum Gasteiger partial charge on any atom is -0.354 e. The first-order valence-corrected chi connectivity index (χ1v) is 6.86. The van der Waals surface area contributed by atoms with Gasteiger partial charge in [0.15, 0.2) is 0 Å². The topological polar surface area (TPSA) is 20.3 Å². The fourth-order valence-electron chi connectivity index (χ4n) is 1.91. The zero-order valence-electron chi connectivity index (χ0n) is 10.7. The smallest absolute Gasteiger partial charge is 0.149 e. The average Bonchev–Trinajstić information content (AvgIpc) is 2.34. The van der Waals surface area contributed by atoms with E-state index < -0.39 is 0 Å². The molecule has 0 aromatic heterocycles. The van der Waals surface area contributed by atoms with Crippen molar-refractivity contribution in [2.24, 2.45) is 0 Å². The van der Waals surface area contributed by atoms with E-state index in [0.717, 1.165) is 0 Å². The summed E-state index contributed by atoms with van der Waals surface area (Å²) in [4.78, 5) is 14.6. The predicted molar refractivity (Wildman–Crippen MR) is 76.4 cm³/mol. The van der Waals surface area contributed by atoms with Gasteiger partial charge in [0.2, 0.25) is 0 Å². The van der Waals surface area contributed by atoms with Gasteiger partial charge in [-0.25, -0.2) is 0 Å². The Bertz CT molecular complexity index is 479. The van der Waals surface area contributed by atoms with Gasteiger partial charge in [-0.1, -0.05) is 36.0 Å². The number of hydrogen-bond donors (Lipinski definition) is 0. The highest BCUT2D eigenvalue weighted by Crippen LogP contribution is 2.32. The molecule has 18 heavy (non-hydrogen) atoms. The highest BCUT2D eigenvalue weighted by atomic mass is 32.2. The van der Waals surface area contributed by atoms with Crippen molar-refractivity contribution in [1.29, 1.82) is 0 Å². The number of rotatable bonds is 4. The van der Waals surface area contributed by atoms with Crippen LogP contribution in [0.3, 0.4) is 0 Å². The molecule has 0 amide bonds. The van der Waals surface area contributed by atoms with Gasteiger partial charge < -0.3 is 4.90 Å². The Morgan fingerprint density at radius 2 is 2.06 bits per heavy atom. The van der Waals surface area contributed by atoms with E-state index in [4.69, 9.17) is 0 Å². The zero-order valence-corrected chi connectivity index (χ0v) is 11.5. The van der Waals surface area contributed by atoms with Crippen LogP contribution in [0.5, 0.6) is 0 Å². The van der Waals surface area contributed by atoms with Crippen LogP contribution in [0.4, 0.5) is 0 Å². The molecule has 2 nitrogen and oxygen atoms in total. The third-order valence-corrected chi connectivity index (χ3v) is 4.13. The summed E-state index contributed by atoms with van der Waals surface area (Å²) in [5, 5.41) is 0.210. The Morgan fingerprint density at radius 1 is 1.33 bits per heavy atom. The molecule has 0 saturated heterocycles. The third kappa shape index (κ3) is 3.26. The maximum Gasteiger partial charge on any atom is 0.149 e. The molecular weight excluding hydrogens is 242 g/mol. The van der Waals surface area contributed by atoms with Gasteiger partial charge in [-0.15, -0.1) is 0 Å². The molecule has 2 rings (SSSR count). The lowest BCUT2D eigenvalue weighted by Gasteiger charge is -2.32. The van der Waals surface area contributed by atoms with Gasteiger partial charge in [0.25, 0.3) is 0 Å². The Kier molecular flexibility index (Phi) is 4.26. The molecule has 1 aromatic rings. The molecule has 0 N–H and O–H groups in total. The summed E-state index contributed by atoms with van der Waals surface area (Å²) in [6.07, 6.45) is 6.10. The number of Topliss-reactive ketones (excluding diaryl/α,β-unsaturated/α-hetero) is 1. The van der Waals surface area contributed by atoms with Crippen LogP contribution in [-0.4, -0.2) is 22.6 Å². The standard InChI is InChI=1S/C15H17NOS/c1-12-7-6-10-16(11-13(2)17)15(12)18-14-8-4-3-5-9-14/h3-10,15H,11H2,1-2H3. The molecule has 1 aromatic carbocycles. The first-order valence-electron chi connectivity index (χ1n) is 5.98. The van der Waals surface area contributed by atoms with Crippen molar-refractivity contribution in [2.45, 2.75) is 24.1 Å². The van der Waals surface area contributed by atoms with Crippen molar-refractivity contribution in [3.05, 3.63) is 54.3 Å². The Hall–Kier alpha value is -1.48. The summed E-state index contributed by atoms with van der Waals surface area (Å²) < 4.78 is 0. The minimum atomic E-state index is 0.188. The number of nitrogens with zero attached hydrogens (tertiary/aromatic N) is 1. The van der Waals surface area contributed by atoms with E-state index in [0.29, 0.717) is 6.54 Å². The van der Waals surface area contributed by atoms with E-state index in [2.05, 4.69) is 30.0 Å². The first kappa shape index (κ1) is 13.0. The minimum absolute atomic E-state index is 0.188. The van der Waals surface area contributed by atoms with E-state index in [-0.39, 0.29) is 11.2 Å². The van der Waals surface area contributed by atoms with E-state index in [1.807, 2.05) is 30.5 Å². The van der Waals surface area contributed by atoms with Gasteiger partial charge in [0.05, 0.1) is 6.54 Å². The Labute approximate surface area is 112 Å². The molecule has 1 aliphatic rings. The number of allylic oxidation sites excluding steroid dienone is 2. The van der Waals surface area contributed by atoms with Crippen molar-refractivity contribution < 1.29 is 4.79 Å². The van der Waals surface area contributed by atoms with Gasteiger partial charge in [-0.3, -0.25) is 4.79 Å². The summed E-state index contributed by atoms with van der Waals surface area (Å²) in [5.41, 5.74) is 1.27. The fraction of sp³-hybridized carbons (Fsp3) is 0.267. The highest BCUT2D eigenvalue weighted by molar-refractivity contribution is 8.00. The molecule has 1 heterocycles. The maximum atomic E-state index is 11.3. The first-order chi connectivity index (χ1) is 8.66. The monoisotopic (exact) mass is 259 g/mol. The van der Waals surface area contributed by atoms with E-state index >= 15 is 0 Å². The van der Waals surface area contributed by atoms with Crippen LogP contribution in [-0.2, 0) is 4.79 Å². The normalized spacial score (nSPS) is 18.7. The van der Waals surface area contributed by atoms with Crippen molar-refractivity contribution in [2.75, 3.05) is 6.54 Å². The van der Waals surface area contributed by atoms with Crippen molar-refractivity contribution in [3.63, 3.8) is 0 Å². The van der Waals surface area contributed by atoms with Gasteiger partial charge >= 0.3 is 0 Å². The van der Waals surface area contributed by atoms with Crippen molar-refractivity contribution >= 4 is 17.5 Å². The molecule has 0 saturated carbocycles. The number of hydrogen-bond acceptors (Lipinski definition) is 3. The Morgan fingerprint density at radius 3 is 2.72 bits per heavy atom. The maximum absolute atomic E-state index is 11.3. The molecule has 3 heteroatoms. The van der Waals surface area contributed by atoms with Gasteiger partial charge in [-0.05, 0) is 37.6 Å². The van der Waals surface area contributed by atoms with Crippen LogP contribution < -0.4 is 0 Å². The average molecular weight is 259 g/mol. The molecule has 0 radical (unpaired) electrons. The molecule has 1 atom stereocenters. The van der Waals surface area contributed by atoms with Crippen molar-refractivity contribution in [3.8, 4) is 0 Å². The second-order valence-corrected chi connectivity index (χ2v) is 5.56. The molecule has 0 fully saturated rings. The second kappa shape index (κ2) is 5.91. The lowest BCUT2D eigenvalue weighted by Crippen LogP contribution is -2.34. The van der Waals surface area contributed by atoms with Crippen LogP contribution in [0.25, 0.3) is 0 Å². The number of thioether (sulfide) groups is 1. The number of ketones is 1. The second-order valence-electron chi connectivity index (χ2n) is 4.41. The zero-order chi connectivity index (χ0) is 13.0. The van der Waals surface area contributed by atoms with E-state index in [1.165, 1.54) is 10.5 Å². The van der Waals surface area contributed by atoms with Crippen LogP contribution in [0.2, 0.25) is 0 Å². The predicted octanol–water partition coefficient (Wildman–Crippen LogP) is 3.47. The van der Waals surface area contributed by atoms with E-state index in [9.17, 15) is 4.79 Å². The quantitative estimate of drug-likeness (QED) is 0.826. The van der Waals surface area contributed by atoms with Crippen LogP contribution in [0, 0.1) is 0 Å². The summed E-state index contributed by atoms with van der Waals surface area (Å²) in [6.45, 7) is 4.20. The molecule has 1 aliphatic heterocycles. The molecule has 0 spiro atoms. The molecular formula is C15H17NOS. The summed E-state index contributed by atoms with van der Waals surface area (Å²) >= 11 is 1.78. The van der Waals surface area contributed by atoms with Crippen LogP contribution in [0.1, 0.15) is 13.8 Å². The summed E-state index contributed by atoms with van der Waals surface area (Å²) in [7, 11) is 0. The summed E-state index contributed by atoms with van der Waals surface area (Å²) in [6, 6.07) is 10.3. The SMILES string of the molecule is CC(=O)CN1C=CC=C(C)C1Sc1ccccc1. The lowest BCUT2D eigenvalue weighted by atomic mass is 10.2. The van der Waals surface area contributed by atoms with Crippen molar-refractivity contribution in [1.82, 2.24) is 4.90 Å². The molecule has 0 aliphatic carbocycles. The largest absolute Gasteiger partial charge is 0.354 e. The third-order valence-electron chi connectivity index (χ3n) is 2.72. The van der Waals surface area contributed by atoms with Gasteiger partial charge in [-0.2, -0.15) is 0 Å². The number of carbonyl (C=O) groups excluding carboxylic acids is 1. The highest BCUT2D eigenvalue weighted by Gasteiger charge is 2.21. The number of carbonyl (C=O) groups is 1. The van der Waals surface area contributed by atoms with E-state index in [1.54, 1.807) is 18.7 Å². The van der Waals surface area contributed by atoms with Crippen LogP contribution >= 0.6 is 11.8 Å². The lowest BCUT2D eigenvalue weighted by molar-refractivity contribution is -0.117. The molecule has 0 bridgehead atoms. The van der Waals surface area contributed by atoms with Gasteiger partial charge in [0.1, 0.15) is 11.2 Å². The molecule has 94 valence electrons. The van der Waals surface area contributed by atoms with Crippen LogP contribution in [0.15, 0.2) is 59.2 Å². The van der Waals surface area contributed by atoms with Gasteiger partial charge in [0, 0.05) is 11.1 Å². The fourth-order valence-corrected chi connectivity index (χ4v) is 3.03. The summed E-state index contributed by atoms with van der Waals surface area (Å²) in [5.74, 6) is 0.188.